The summed E-state index contributed by atoms with van der Waals surface area (Å²) in [6.45, 7) is 26.5. The molecule has 0 spiro atoms. The first-order valence-electron chi connectivity index (χ1n) is 25.1. The number of carbonyl (C=O) groups is 4. The summed E-state index contributed by atoms with van der Waals surface area (Å²) in [6, 6.07) is -1.43. The molecule has 0 aromatic heterocycles. The van der Waals surface area contributed by atoms with Gasteiger partial charge in [0.25, 0.3) is 11.7 Å². The summed E-state index contributed by atoms with van der Waals surface area (Å²) in [6.07, 6.45) is 5.59. The molecule has 0 aromatic carbocycles. The number of Topliss-reactive ketones (excluding diaryl/α,β-unsaturated/α-hetero) is 2. The monoisotopic (exact) mass is 959 g/mol. The summed E-state index contributed by atoms with van der Waals surface area (Å²) in [4.78, 5) is 63.0. The van der Waals surface area contributed by atoms with Gasteiger partial charge in [-0.1, -0.05) is 71.3 Å². The zero-order valence-electron chi connectivity index (χ0n) is 43.5. The SMILES string of the molecule is CCC1C=C(C)CC(C)CC(OC)C2OC(O)(C(=O)C(=O)N3CCCCC3C(=O)OC(C(C)=CC3CCC(N=[N+]=[N-])C(OC(C)C)C3)C(C)C(O[Si](C)(C)C(C)(C)C)CC1=O)C(C)CC2OC. The van der Waals surface area contributed by atoms with E-state index in [2.05, 4.69) is 63.0 Å². The van der Waals surface area contributed by atoms with Crippen LogP contribution in [0.2, 0.25) is 18.1 Å². The molecule has 4 aliphatic rings. The molecule has 1 amide bonds. The van der Waals surface area contributed by atoms with E-state index in [1.54, 1.807) is 21.1 Å². The van der Waals surface area contributed by atoms with E-state index in [1.807, 2.05) is 41.5 Å². The minimum Gasteiger partial charge on any atom is -0.456 e. The number of carbonyl (C=O) groups excluding carboxylic acids is 4. The Kier molecular flexibility index (Phi) is 20.5. The minimum atomic E-state index is -2.55. The van der Waals surface area contributed by atoms with Crippen molar-refractivity contribution in [3.8, 4) is 0 Å². The third-order valence-electron chi connectivity index (χ3n) is 15.5. The predicted octanol–water partition coefficient (Wildman–Crippen LogP) is 9.60. The van der Waals surface area contributed by atoms with Crippen LogP contribution in [0.1, 0.15) is 147 Å². The molecule has 15 nitrogen and oxygen atoms in total. The third-order valence-corrected chi connectivity index (χ3v) is 20.0. The van der Waals surface area contributed by atoms with Gasteiger partial charge in [-0.2, -0.15) is 0 Å². The number of cyclic esters (lactones) is 1. The molecule has 3 fully saturated rings. The molecule has 16 heteroatoms. The van der Waals surface area contributed by atoms with Crippen LogP contribution in [-0.4, -0.2) is 123 Å². The molecule has 2 saturated heterocycles. The van der Waals surface area contributed by atoms with Crippen LogP contribution >= 0.6 is 0 Å². The summed E-state index contributed by atoms with van der Waals surface area (Å²) in [5.41, 5.74) is 11.1. The van der Waals surface area contributed by atoms with E-state index < -0.39 is 80.2 Å². The van der Waals surface area contributed by atoms with Crippen LogP contribution in [-0.2, 0) is 47.3 Å². The summed E-state index contributed by atoms with van der Waals surface area (Å²) in [7, 11) is 0.554. The molecule has 3 aliphatic heterocycles. The van der Waals surface area contributed by atoms with Gasteiger partial charge in [-0.25, -0.2) is 4.79 Å². The fourth-order valence-corrected chi connectivity index (χ4v) is 11.9. The average Bonchev–Trinajstić information content (AvgIpc) is 3.26. The number of hydrogen-bond donors (Lipinski definition) is 1. The fourth-order valence-electron chi connectivity index (χ4n) is 10.5. The Morgan fingerprint density at radius 2 is 1.66 bits per heavy atom. The highest BCUT2D eigenvalue weighted by atomic mass is 28.4. The summed E-state index contributed by atoms with van der Waals surface area (Å²) >= 11 is 0. The molecule has 3 heterocycles. The number of hydrogen-bond acceptors (Lipinski definition) is 12. The number of nitrogens with zero attached hydrogens (tertiary/aromatic N) is 4. The van der Waals surface area contributed by atoms with Crippen molar-refractivity contribution >= 4 is 31.8 Å². The number of azide groups is 1. The van der Waals surface area contributed by atoms with E-state index in [0.717, 1.165) is 11.1 Å². The number of allylic oxidation sites excluding steroid dienone is 3. The van der Waals surface area contributed by atoms with Crippen molar-refractivity contribution in [3.05, 3.63) is 33.7 Å². The van der Waals surface area contributed by atoms with Crippen LogP contribution in [0.3, 0.4) is 0 Å². The Hall–Kier alpha value is -2.95. The number of ether oxygens (including phenoxy) is 5. The Morgan fingerprint density at radius 3 is 2.25 bits per heavy atom. The van der Waals surface area contributed by atoms with Gasteiger partial charge < -0.3 is 38.1 Å². The first-order valence-corrected chi connectivity index (χ1v) is 28.0. The molecule has 0 radical (unpaired) electrons. The first-order chi connectivity index (χ1) is 31.3. The van der Waals surface area contributed by atoms with Gasteiger partial charge in [0.05, 0.1) is 36.6 Å². The lowest BCUT2D eigenvalue weighted by molar-refractivity contribution is -0.302. The molecule has 4 rings (SSSR count). The summed E-state index contributed by atoms with van der Waals surface area (Å²) in [5, 5.41) is 16.1. The normalized spacial score (nSPS) is 36.4. The van der Waals surface area contributed by atoms with Gasteiger partial charge in [0.2, 0.25) is 5.79 Å². The maximum absolute atomic E-state index is 14.9. The van der Waals surface area contributed by atoms with Crippen molar-refractivity contribution in [1.82, 2.24) is 4.90 Å². The third kappa shape index (κ3) is 14.1. The highest BCUT2D eigenvalue weighted by Gasteiger charge is 2.57. The van der Waals surface area contributed by atoms with Gasteiger partial charge >= 0.3 is 5.97 Å². The number of fused-ring (bicyclic) bond motifs is 3. The Balaban J connectivity index is 1.89. The number of esters is 1. The standard InChI is InChI=1S/C51H86N4O11Si/c1-16-37-24-31(4)23-32(5)25-43(61-12)46-44(62-13)27-34(7)51(60,65-46)47(57)48(58)55-22-18-17-19-39(55)49(59)64-45(35(8)41(29-40(37)56)66-67(14,15)50(9,10)11)33(6)26-36-20-21-38(53-54-52)42(28-36)63-30(2)3/h24,26,30,32,34-39,41-46,60H,16-23,25,27-29H2,1-15H3. The number of amides is 1. The van der Waals surface area contributed by atoms with E-state index >= 15 is 0 Å². The van der Waals surface area contributed by atoms with E-state index in [-0.39, 0.29) is 72.6 Å². The Bertz CT molecular complexity index is 1830. The second-order valence-electron chi connectivity index (χ2n) is 22.2. The maximum atomic E-state index is 14.9. The first kappa shape index (κ1) is 56.6. The molecule has 1 N–H and O–H groups in total. The van der Waals surface area contributed by atoms with Gasteiger partial charge in [-0.3, -0.25) is 14.4 Å². The topological polar surface area (TPSA) is 196 Å². The van der Waals surface area contributed by atoms with Crippen molar-refractivity contribution in [3.63, 3.8) is 0 Å². The van der Waals surface area contributed by atoms with Crippen molar-refractivity contribution in [2.24, 2.45) is 34.7 Å². The average molecular weight is 959 g/mol. The quantitative estimate of drug-likeness (QED) is 0.0416. The highest BCUT2D eigenvalue weighted by molar-refractivity contribution is 6.74. The molecule has 1 saturated carbocycles. The lowest BCUT2D eigenvalue weighted by Crippen LogP contribution is -2.64. The molecule has 14 atom stereocenters. The van der Waals surface area contributed by atoms with E-state index in [4.69, 9.17) is 28.1 Å². The van der Waals surface area contributed by atoms with Crippen LogP contribution in [0, 0.1) is 29.6 Å². The molecule has 0 aromatic rings. The molecule has 380 valence electrons. The van der Waals surface area contributed by atoms with Gasteiger partial charge in [-0.15, -0.1) is 0 Å². The predicted molar refractivity (Wildman–Crippen MR) is 260 cm³/mol. The lowest BCUT2D eigenvalue weighted by Gasteiger charge is -2.47. The van der Waals surface area contributed by atoms with E-state index in [0.29, 0.717) is 51.4 Å². The minimum absolute atomic E-state index is 0.00542. The number of aliphatic hydroxyl groups is 1. The lowest BCUT2D eigenvalue weighted by atomic mass is 9.81. The van der Waals surface area contributed by atoms with Crippen molar-refractivity contribution in [2.75, 3.05) is 20.8 Å². The van der Waals surface area contributed by atoms with Gasteiger partial charge in [0, 0.05) is 49.9 Å². The largest absolute Gasteiger partial charge is 0.456 e. The molecule has 1 aliphatic carbocycles. The van der Waals surface area contributed by atoms with Gasteiger partial charge in [0.15, 0.2) is 8.32 Å². The van der Waals surface area contributed by atoms with E-state index in [9.17, 15) is 29.8 Å². The van der Waals surface area contributed by atoms with Crippen LogP contribution in [0.15, 0.2) is 28.4 Å². The smallest absolute Gasteiger partial charge is 0.329 e. The molecular formula is C51H86N4O11Si. The van der Waals surface area contributed by atoms with Gasteiger partial charge in [-0.05, 0) is 133 Å². The van der Waals surface area contributed by atoms with Gasteiger partial charge in [0.1, 0.15) is 24.0 Å². The number of piperidine rings is 1. The number of rotatable bonds is 10. The highest BCUT2D eigenvalue weighted by Crippen LogP contribution is 2.42. The zero-order valence-corrected chi connectivity index (χ0v) is 44.5. The summed E-state index contributed by atoms with van der Waals surface area (Å²) in [5.74, 6) is -7.01. The number of methoxy groups -OCH3 is 2. The second-order valence-corrected chi connectivity index (χ2v) is 26.9. The molecule has 14 unspecified atom stereocenters. The fraction of sp³-hybridized carbons (Fsp3) is 0.843. The maximum Gasteiger partial charge on any atom is 0.329 e. The van der Waals surface area contributed by atoms with Crippen LogP contribution in [0.4, 0.5) is 0 Å². The van der Waals surface area contributed by atoms with E-state index in [1.165, 1.54) is 4.90 Å². The van der Waals surface area contributed by atoms with Crippen LogP contribution in [0.5, 0.6) is 0 Å². The zero-order chi connectivity index (χ0) is 50.2. The van der Waals surface area contributed by atoms with Crippen LogP contribution in [0.25, 0.3) is 10.4 Å². The second kappa shape index (κ2) is 24.2. The van der Waals surface area contributed by atoms with Crippen molar-refractivity contribution in [1.29, 1.82) is 0 Å². The summed E-state index contributed by atoms with van der Waals surface area (Å²) < 4.78 is 38.4. The van der Waals surface area contributed by atoms with Crippen LogP contribution < -0.4 is 0 Å². The number of ketones is 2. The van der Waals surface area contributed by atoms with Crippen molar-refractivity contribution in [2.45, 2.75) is 226 Å². The van der Waals surface area contributed by atoms with Crippen molar-refractivity contribution < 1.29 is 52.4 Å². The molecule has 2 bridgehead atoms. The molecule has 67 heavy (non-hydrogen) atoms. The molecular weight excluding hydrogens is 873 g/mol. The Labute approximate surface area is 402 Å². The Morgan fingerprint density at radius 1 is 1.00 bits per heavy atom.